The molecule has 0 unspecified atom stereocenters. The van der Waals surface area contributed by atoms with Gasteiger partial charge in [0.2, 0.25) is 0 Å². The first-order valence-corrected chi connectivity index (χ1v) is 8.21. The van der Waals surface area contributed by atoms with Crippen LogP contribution < -0.4 is 0 Å². The van der Waals surface area contributed by atoms with Crippen molar-refractivity contribution in [2.45, 2.75) is 26.4 Å². The molecule has 3 aromatic rings. The van der Waals surface area contributed by atoms with Crippen LogP contribution in [0.3, 0.4) is 0 Å². The highest BCUT2D eigenvalue weighted by atomic mass is 16.6. The molecule has 2 heterocycles. The maximum atomic E-state index is 13.1. The van der Waals surface area contributed by atoms with E-state index in [9.17, 15) is 14.4 Å². The van der Waals surface area contributed by atoms with Gasteiger partial charge < -0.3 is 4.74 Å². The smallest absolute Gasteiger partial charge is 0.358 e. The first-order valence-electron chi connectivity index (χ1n) is 8.21. The molecule has 1 aliphatic carbocycles. The van der Waals surface area contributed by atoms with Gasteiger partial charge in [0.05, 0.1) is 16.6 Å². The van der Waals surface area contributed by atoms with Gasteiger partial charge in [0.1, 0.15) is 5.60 Å². The predicted octanol–water partition coefficient (Wildman–Crippen LogP) is 3.07. The summed E-state index contributed by atoms with van der Waals surface area (Å²) in [5, 5.41) is 4.18. The second kappa shape index (κ2) is 5.36. The van der Waals surface area contributed by atoms with Crippen LogP contribution in [0.5, 0.6) is 0 Å². The molecule has 26 heavy (non-hydrogen) atoms. The molecule has 0 saturated heterocycles. The van der Waals surface area contributed by atoms with Crippen LogP contribution in [0.2, 0.25) is 0 Å². The van der Waals surface area contributed by atoms with Crippen LogP contribution in [0.25, 0.3) is 5.52 Å². The fraction of sp³-hybridized carbons (Fsp3) is 0.200. The Morgan fingerprint density at radius 1 is 0.962 bits per heavy atom. The number of ketones is 2. The Labute approximate surface area is 149 Å². The summed E-state index contributed by atoms with van der Waals surface area (Å²) in [4.78, 5) is 39.0. The number of carbonyl (C=O) groups excluding carboxylic acids is 3. The Morgan fingerprint density at radius 2 is 1.58 bits per heavy atom. The molecule has 0 aliphatic heterocycles. The Balaban J connectivity index is 2.05. The number of benzene rings is 1. The molecule has 1 aromatic carbocycles. The van der Waals surface area contributed by atoms with Crippen LogP contribution in [-0.2, 0) is 4.74 Å². The average Bonchev–Trinajstić information content (AvgIpc) is 2.94. The molecule has 0 atom stereocenters. The molecule has 1 aliphatic rings. The molecular formula is C20H16N2O4. The zero-order valence-electron chi connectivity index (χ0n) is 14.6. The lowest BCUT2D eigenvalue weighted by atomic mass is 9.84. The number of aromatic nitrogens is 2. The highest BCUT2D eigenvalue weighted by molar-refractivity contribution is 6.33. The number of rotatable bonds is 1. The van der Waals surface area contributed by atoms with E-state index in [4.69, 9.17) is 4.74 Å². The molecule has 0 fully saturated rings. The number of esters is 1. The van der Waals surface area contributed by atoms with Gasteiger partial charge in [-0.15, -0.1) is 0 Å². The van der Waals surface area contributed by atoms with Crippen molar-refractivity contribution in [3.05, 3.63) is 70.5 Å². The molecule has 2 aromatic heterocycles. The topological polar surface area (TPSA) is 77.7 Å². The minimum Gasteiger partial charge on any atom is -0.455 e. The second-order valence-electron chi connectivity index (χ2n) is 7.13. The zero-order chi connectivity index (χ0) is 18.6. The fourth-order valence-electron chi connectivity index (χ4n) is 3.21. The minimum absolute atomic E-state index is 0.0154. The Hall–Kier alpha value is -3.28. The average molecular weight is 348 g/mol. The molecular weight excluding hydrogens is 332 g/mol. The number of nitrogens with zero attached hydrogens (tertiary/aromatic N) is 2. The number of carbonyl (C=O) groups is 3. The Morgan fingerprint density at radius 3 is 2.19 bits per heavy atom. The van der Waals surface area contributed by atoms with Gasteiger partial charge in [-0.3, -0.25) is 9.59 Å². The molecule has 0 radical (unpaired) electrons. The molecule has 6 nitrogen and oxygen atoms in total. The molecule has 0 N–H and O–H groups in total. The maximum absolute atomic E-state index is 13.1. The number of ether oxygens (including phenoxy) is 1. The van der Waals surface area contributed by atoms with Crippen LogP contribution in [0.1, 0.15) is 63.1 Å². The summed E-state index contributed by atoms with van der Waals surface area (Å²) in [5.74, 6) is -1.36. The molecule has 6 heteroatoms. The SMILES string of the molecule is CC(C)(C)OC(=O)c1c2c(c3cccnn13)C(=O)c1ccccc1C2=O. The molecule has 0 saturated carbocycles. The van der Waals surface area contributed by atoms with Gasteiger partial charge in [-0.25, -0.2) is 9.31 Å². The van der Waals surface area contributed by atoms with E-state index >= 15 is 0 Å². The van der Waals surface area contributed by atoms with E-state index in [1.165, 1.54) is 10.7 Å². The van der Waals surface area contributed by atoms with E-state index in [-0.39, 0.29) is 34.0 Å². The van der Waals surface area contributed by atoms with E-state index in [0.29, 0.717) is 11.1 Å². The normalized spacial score (nSPS) is 13.5. The standard InChI is InChI=1S/C20H16N2O4/c1-20(2,3)26-19(25)16-15-14(13-9-6-10-21-22(13)16)17(23)11-7-4-5-8-12(11)18(15)24/h4-10H,1-3H3. The van der Waals surface area contributed by atoms with Crippen LogP contribution in [0.15, 0.2) is 42.6 Å². The van der Waals surface area contributed by atoms with Crippen molar-refractivity contribution in [3.63, 3.8) is 0 Å². The van der Waals surface area contributed by atoms with Crippen LogP contribution in [0, 0.1) is 0 Å². The van der Waals surface area contributed by atoms with E-state index in [1.807, 2.05) is 0 Å². The maximum Gasteiger partial charge on any atom is 0.358 e. The van der Waals surface area contributed by atoms with Crippen molar-refractivity contribution in [1.82, 2.24) is 9.61 Å². The van der Waals surface area contributed by atoms with Crippen molar-refractivity contribution in [2.75, 3.05) is 0 Å². The Bertz CT molecular complexity index is 1100. The summed E-state index contributed by atoms with van der Waals surface area (Å²) in [6, 6.07) is 9.93. The van der Waals surface area contributed by atoms with Gasteiger partial charge in [-0.1, -0.05) is 24.3 Å². The van der Waals surface area contributed by atoms with E-state index < -0.39 is 11.6 Å². The van der Waals surface area contributed by atoms with Crippen molar-refractivity contribution in [1.29, 1.82) is 0 Å². The lowest BCUT2D eigenvalue weighted by Gasteiger charge is -2.20. The van der Waals surface area contributed by atoms with Crippen molar-refractivity contribution >= 4 is 23.1 Å². The monoisotopic (exact) mass is 348 g/mol. The van der Waals surface area contributed by atoms with Gasteiger partial charge in [-0.05, 0) is 32.9 Å². The van der Waals surface area contributed by atoms with Crippen LogP contribution in [0.4, 0.5) is 0 Å². The van der Waals surface area contributed by atoms with Crippen molar-refractivity contribution in [3.8, 4) is 0 Å². The first-order chi connectivity index (χ1) is 12.3. The molecule has 0 spiro atoms. The van der Waals surface area contributed by atoms with Crippen LogP contribution >= 0.6 is 0 Å². The third kappa shape index (κ3) is 2.26. The van der Waals surface area contributed by atoms with Gasteiger partial charge in [0.15, 0.2) is 17.3 Å². The molecule has 130 valence electrons. The lowest BCUT2D eigenvalue weighted by Crippen LogP contribution is -2.27. The predicted molar refractivity (Wildman–Crippen MR) is 93.7 cm³/mol. The molecule has 0 amide bonds. The third-order valence-electron chi connectivity index (χ3n) is 4.17. The number of fused-ring (bicyclic) bond motifs is 4. The van der Waals surface area contributed by atoms with Gasteiger partial charge in [0, 0.05) is 17.3 Å². The fourth-order valence-corrected chi connectivity index (χ4v) is 3.21. The highest BCUT2D eigenvalue weighted by Crippen LogP contribution is 2.34. The molecule has 0 bridgehead atoms. The van der Waals surface area contributed by atoms with Gasteiger partial charge >= 0.3 is 5.97 Å². The minimum atomic E-state index is -0.747. The largest absolute Gasteiger partial charge is 0.455 e. The second-order valence-corrected chi connectivity index (χ2v) is 7.13. The summed E-state index contributed by atoms with van der Waals surface area (Å²) >= 11 is 0. The number of hydrogen-bond acceptors (Lipinski definition) is 5. The first kappa shape index (κ1) is 16.2. The number of hydrogen-bond donors (Lipinski definition) is 0. The van der Waals surface area contributed by atoms with E-state index in [1.54, 1.807) is 57.2 Å². The van der Waals surface area contributed by atoms with E-state index in [0.717, 1.165) is 0 Å². The summed E-state index contributed by atoms with van der Waals surface area (Å²) in [6.45, 7) is 5.22. The summed E-state index contributed by atoms with van der Waals surface area (Å²) in [7, 11) is 0. The van der Waals surface area contributed by atoms with Crippen molar-refractivity contribution < 1.29 is 19.1 Å². The molecule has 4 rings (SSSR count). The van der Waals surface area contributed by atoms with Gasteiger partial charge in [0.25, 0.3) is 0 Å². The van der Waals surface area contributed by atoms with Gasteiger partial charge in [-0.2, -0.15) is 5.10 Å². The Kier molecular flexibility index (Phi) is 3.34. The summed E-state index contributed by atoms with van der Waals surface area (Å²) in [5.41, 5.74) is 0.518. The lowest BCUT2D eigenvalue weighted by molar-refractivity contribution is 0.00587. The third-order valence-corrected chi connectivity index (χ3v) is 4.17. The van der Waals surface area contributed by atoms with Crippen molar-refractivity contribution in [2.24, 2.45) is 0 Å². The summed E-state index contributed by atoms with van der Waals surface area (Å²) < 4.78 is 6.78. The van der Waals surface area contributed by atoms with E-state index in [2.05, 4.69) is 5.10 Å². The zero-order valence-corrected chi connectivity index (χ0v) is 14.6. The van der Waals surface area contributed by atoms with Crippen LogP contribution in [-0.4, -0.2) is 32.8 Å². The quantitative estimate of drug-likeness (QED) is 0.494. The highest BCUT2D eigenvalue weighted by Gasteiger charge is 2.39. The summed E-state index contributed by atoms with van der Waals surface area (Å²) in [6.07, 6.45) is 1.49.